The molecule has 0 saturated carbocycles. The second-order valence-electron chi connectivity index (χ2n) is 6.25. The van der Waals surface area contributed by atoms with Crippen LogP contribution in [-0.4, -0.2) is 36.0 Å². The highest BCUT2D eigenvalue weighted by molar-refractivity contribution is 7.89. The van der Waals surface area contributed by atoms with Crippen LogP contribution in [0.4, 0.5) is 5.69 Å². The van der Waals surface area contributed by atoms with E-state index in [4.69, 9.17) is 4.74 Å². The van der Waals surface area contributed by atoms with Crippen molar-refractivity contribution in [3.8, 4) is 0 Å². The summed E-state index contributed by atoms with van der Waals surface area (Å²) in [4.78, 5) is 10.5. The van der Waals surface area contributed by atoms with Crippen molar-refractivity contribution in [3.05, 3.63) is 88.0 Å². The molecule has 8 heteroatoms. The largest absolute Gasteiger partial charge is 0.375 e. The number of benzene rings is 2. The standard InChI is InChI=1S/C19H20N2O5S/c22-21(23)18-9-4-8-17(12-18)13-20-19(10-5-11-27(20,24)25)15-26-14-16-6-2-1-3-7-16/h1-10,12,19H,11,13-15H2/t19-/m1/s1. The Balaban J connectivity index is 1.72. The smallest absolute Gasteiger partial charge is 0.269 e. The topological polar surface area (TPSA) is 89.8 Å². The average Bonchev–Trinajstić information content (AvgIpc) is 2.65. The Hall–Kier alpha value is -2.55. The summed E-state index contributed by atoms with van der Waals surface area (Å²) in [6.45, 7) is 0.656. The van der Waals surface area contributed by atoms with Crippen molar-refractivity contribution in [2.75, 3.05) is 12.4 Å². The number of sulfonamides is 1. The van der Waals surface area contributed by atoms with Crippen LogP contribution in [0.25, 0.3) is 0 Å². The molecular weight excluding hydrogens is 368 g/mol. The van der Waals surface area contributed by atoms with E-state index in [1.165, 1.54) is 16.4 Å². The van der Waals surface area contributed by atoms with E-state index in [1.54, 1.807) is 18.2 Å². The summed E-state index contributed by atoms with van der Waals surface area (Å²) in [7, 11) is -3.50. The van der Waals surface area contributed by atoms with Gasteiger partial charge in [-0.3, -0.25) is 10.1 Å². The molecule has 1 aliphatic heterocycles. The average molecular weight is 388 g/mol. The number of rotatable bonds is 7. The molecule has 0 N–H and O–H groups in total. The lowest BCUT2D eigenvalue weighted by molar-refractivity contribution is -0.384. The van der Waals surface area contributed by atoms with Gasteiger partial charge in [-0.2, -0.15) is 4.31 Å². The van der Waals surface area contributed by atoms with E-state index in [2.05, 4.69) is 0 Å². The van der Waals surface area contributed by atoms with Crippen molar-refractivity contribution in [2.24, 2.45) is 0 Å². The highest BCUT2D eigenvalue weighted by Crippen LogP contribution is 2.22. The van der Waals surface area contributed by atoms with E-state index in [9.17, 15) is 18.5 Å². The summed E-state index contributed by atoms with van der Waals surface area (Å²) < 4.78 is 32.1. The number of nitro groups is 1. The second kappa shape index (κ2) is 8.43. The third-order valence-electron chi connectivity index (χ3n) is 4.25. The minimum absolute atomic E-state index is 0.0608. The number of hydrogen-bond donors (Lipinski definition) is 0. The summed E-state index contributed by atoms with van der Waals surface area (Å²) in [6.07, 6.45) is 3.43. The molecule has 2 aromatic carbocycles. The predicted octanol–water partition coefficient (Wildman–Crippen LogP) is 2.88. The molecule has 0 radical (unpaired) electrons. The predicted molar refractivity (Wildman–Crippen MR) is 101 cm³/mol. The van der Waals surface area contributed by atoms with Crippen LogP contribution in [-0.2, 0) is 27.9 Å². The molecule has 0 amide bonds. The molecular formula is C19H20N2O5S. The van der Waals surface area contributed by atoms with Crippen molar-refractivity contribution < 1.29 is 18.1 Å². The van der Waals surface area contributed by atoms with Crippen LogP contribution in [0, 0.1) is 10.1 Å². The summed E-state index contributed by atoms with van der Waals surface area (Å²) in [6, 6.07) is 15.2. The fourth-order valence-corrected chi connectivity index (χ4v) is 4.34. The minimum Gasteiger partial charge on any atom is -0.375 e. The van der Waals surface area contributed by atoms with Gasteiger partial charge in [-0.1, -0.05) is 54.6 Å². The van der Waals surface area contributed by atoms with Crippen molar-refractivity contribution in [2.45, 2.75) is 19.2 Å². The van der Waals surface area contributed by atoms with Gasteiger partial charge in [0.15, 0.2) is 0 Å². The van der Waals surface area contributed by atoms with Gasteiger partial charge < -0.3 is 4.74 Å². The molecule has 1 aliphatic rings. The fraction of sp³-hybridized carbons (Fsp3) is 0.263. The maximum atomic E-state index is 12.5. The number of nitrogens with zero attached hydrogens (tertiary/aromatic N) is 2. The molecule has 0 bridgehead atoms. The van der Waals surface area contributed by atoms with Gasteiger partial charge in [-0.05, 0) is 11.1 Å². The van der Waals surface area contributed by atoms with E-state index in [-0.39, 0.29) is 24.6 Å². The normalized spacial score (nSPS) is 19.0. The molecule has 142 valence electrons. The zero-order valence-corrected chi connectivity index (χ0v) is 15.4. The summed E-state index contributed by atoms with van der Waals surface area (Å²) in [5, 5.41) is 11.0. The molecule has 0 fully saturated rings. The molecule has 7 nitrogen and oxygen atoms in total. The van der Waals surface area contributed by atoms with Crippen molar-refractivity contribution >= 4 is 15.7 Å². The van der Waals surface area contributed by atoms with Gasteiger partial charge in [0.2, 0.25) is 10.0 Å². The first kappa shape index (κ1) is 19.2. The van der Waals surface area contributed by atoms with Crippen LogP contribution in [0.15, 0.2) is 66.7 Å². The third kappa shape index (κ3) is 5.00. The summed E-state index contributed by atoms with van der Waals surface area (Å²) >= 11 is 0. The third-order valence-corrected chi connectivity index (χ3v) is 5.98. The highest BCUT2D eigenvalue weighted by atomic mass is 32.2. The molecule has 2 aromatic rings. The van der Waals surface area contributed by atoms with Gasteiger partial charge in [-0.15, -0.1) is 0 Å². The Bertz CT molecular complexity index is 928. The minimum atomic E-state index is -3.50. The van der Waals surface area contributed by atoms with Gasteiger partial charge in [0, 0.05) is 18.7 Å². The van der Waals surface area contributed by atoms with Gasteiger partial charge in [-0.25, -0.2) is 8.42 Å². The first-order valence-corrected chi connectivity index (χ1v) is 10.1. The van der Waals surface area contributed by atoms with Crippen molar-refractivity contribution in [1.82, 2.24) is 4.31 Å². The zero-order valence-electron chi connectivity index (χ0n) is 14.6. The molecule has 0 aliphatic carbocycles. The molecule has 1 atom stereocenters. The van der Waals surface area contributed by atoms with Crippen molar-refractivity contribution in [3.63, 3.8) is 0 Å². The van der Waals surface area contributed by atoms with Gasteiger partial charge in [0.05, 0.1) is 29.9 Å². The maximum Gasteiger partial charge on any atom is 0.269 e. The van der Waals surface area contributed by atoms with Crippen LogP contribution in [0.3, 0.4) is 0 Å². The van der Waals surface area contributed by atoms with E-state index >= 15 is 0 Å². The lowest BCUT2D eigenvalue weighted by atomic mass is 10.2. The Morgan fingerprint density at radius 1 is 1.11 bits per heavy atom. The summed E-state index contributed by atoms with van der Waals surface area (Å²) in [5.41, 5.74) is 1.51. The first-order valence-electron chi connectivity index (χ1n) is 8.47. The monoisotopic (exact) mass is 388 g/mol. The Morgan fingerprint density at radius 3 is 2.59 bits per heavy atom. The second-order valence-corrected chi connectivity index (χ2v) is 8.21. The van der Waals surface area contributed by atoms with Gasteiger partial charge >= 0.3 is 0 Å². The molecule has 0 saturated heterocycles. The summed E-state index contributed by atoms with van der Waals surface area (Å²) in [5.74, 6) is -0.0862. The number of hydrogen-bond acceptors (Lipinski definition) is 5. The van der Waals surface area contributed by atoms with E-state index in [0.29, 0.717) is 12.2 Å². The lowest BCUT2D eigenvalue weighted by Gasteiger charge is -2.31. The van der Waals surface area contributed by atoms with Crippen LogP contribution in [0.5, 0.6) is 0 Å². The van der Waals surface area contributed by atoms with E-state index in [1.807, 2.05) is 36.4 Å². The quantitative estimate of drug-likeness (QED) is 0.413. The molecule has 0 spiro atoms. The SMILES string of the molecule is O=[N+]([O-])c1cccc(CN2[C@@H](COCc3ccccc3)C=CCS2(=O)=O)c1. The Kier molecular flexibility index (Phi) is 6.00. The number of nitro benzene ring substituents is 1. The fourth-order valence-electron chi connectivity index (χ4n) is 2.91. The zero-order chi connectivity index (χ0) is 19.3. The van der Waals surface area contributed by atoms with Crippen LogP contribution in [0.2, 0.25) is 0 Å². The molecule has 1 heterocycles. The first-order chi connectivity index (χ1) is 13.0. The molecule has 27 heavy (non-hydrogen) atoms. The van der Waals surface area contributed by atoms with Gasteiger partial charge in [0.25, 0.3) is 5.69 Å². The Morgan fingerprint density at radius 2 is 1.85 bits per heavy atom. The molecule has 3 rings (SSSR count). The van der Waals surface area contributed by atoms with Crippen LogP contribution < -0.4 is 0 Å². The van der Waals surface area contributed by atoms with Crippen molar-refractivity contribution in [1.29, 1.82) is 0 Å². The Labute approximate surface area is 158 Å². The van der Waals surface area contributed by atoms with Gasteiger partial charge in [0.1, 0.15) is 0 Å². The van der Waals surface area contributed by atoms with Crippen LogP contribution in [0.1, 0.15) is 11.1 Å². The molecule has 0 unspecified atom stereocenters. The van der Waals surface area contributed by atoms with E-state index in [0.717, 1.165) is 5.56 Å². The number of ether oxygens (including phenoxy) is 1. The molecule has 0 aromatic heterocycles. The number of non-ortho nitro benzene ring substituents is 1. The maximum absolute atomic E-state index is 12.5. The van der Waals surface area contributed by atoms with Crippen LogP contribution >= 0.6 is 0 Å². The lowest BCUT2D eigenvalue weighted by Crippen LogP contribution is -2.44. The highest BCUT2D eigenvalue weighted by Gasteiger charge is 2.31. The van der Waals surface area contributed by atoms with E-state index < -0.39 is 21.0 Å².